The molecule has 7 nitrogen and oxygen atoms in total. The summed E-state index contributed by atoms with van der Waals surface area (Å²) in [7, 11) is 0. The summed E-state index contributed by atoms with van der Waals surface area (Å²) in [6, 6.07) is 10.3. The lowest BCUT2D eigenvalue weighted by Crippen LogP contribution is -2.28. The second kappa shape index (κ2) is 7.71. The van der Waals surface area contributed by atoms with Crippen molar-refractivity contribution in [2.24, 2.45) is 0 Å². The second-order valence-corrected chi connectivity index (χ2v) is 6.81. The number of amides is 3. The summed E-state index contributed by atoms with van der Waals surface area (Å²) in [4.78, 5) is 37.7. The highest BCUT2D eigenvalue weighted by atomic mass is 19.4. The van der Waals surface area contributed by atoms with Crippen LogP contribution in [-0.2, 0) is 15.8 Å². The Morgan fingerprint density at radius 2 is 1.74 bits per heavy atom. The fourth-order valence-corrected chi connectivity index (χ4v) is 3.27. The monoisotopic (exact) mass is 428 g/mol. The van der Waals surface area contributed by atoms with Gasteiger partial charge in [0.25, 0.3) is 5.91 Å². The highest BCUT2D eigenvalue weighted by molar-refractivity contribution is 6.20. The molecule has 1 aromatic heterocycles. The van der Waals surface area contributed by atoms with Crippen LogP contribution in [0.3, 0.4) is 0 Å². The normalized spacial score (nSPS) is 14.2. The maximum Gasteiger partial charge on any atom is 0.416 e. The smallest absolute Gasteiger partial charge is 0.320 e. The molecule has 2 aromatic carbocycles. The van der Waals surface area contributed by atoms with Gasteiger partial charge in [0, 0.05) is 30.8 Å². The molecule has 0 bridgehead atoms. The van der Waals surface area contributed by atoms with E-state index in [1.165, 1.54) is 47.4 Å². The third-order valence-corrected chi connectivity index (χ3v) is 4.74. The van der Waals surface area contributed by atoms with Crippen molar-refractivity contribution in [3.63, 3.8) is 0 Å². The van der Waals surface area contributed by atoms with Gasteiger partial charge in [-0.1, -0.05) is 6.07 Å². The van der Waals surface area contributed by atoms with E-state index in [1.807, 2.05) is 0 Å². The molecule has 3 amide bonds. The standard InChI is InChI=1S/C21H15F3N4O3/c22-21(23,24)14-5-6-17(27-10-2-9-25-27)16(12-14)26-20(31)13-3-1-4-15(11-13)28-18(29)7-8-19(28)30/h1-6,9-12H,7-8H2,(H,26,31). The van der Waals surface area contributed by atoms with Crippen LogP contribution in [0.4, 0.5) is 24.5 Å². The predicted molar refractivity (Wildman–Crippen MR) is 105 cm³/mol. The first-order valence-corrected chi connectivity index (χ1v) is 9.22. The van der Waals surface area contributed by atoms with Gasteiger partial charge >= 0.3 is 6.18 Å². The number of nitrogens with one attached hydrogen (secondary N) is 1. The van der Waals surface area contributed by atoms with Gasteiger partial charge in [0.2, 0.25) is 11.8 Å². The van der Waals surface area contributed by atoms with Gasteiger partial charge in [-0.15, -0.1) is 0 Å². The maximum atomic E-state index is 13.2. The Kier molecular flexibility index (Phi) is 5.05. The van der Waals surface area contributed by atoms with E-state index in [2.05, 4.69) is 10.4 Å². The van der Waals surface area contributed by atoms with Crippen LogP contribution in [-0.4, -0.2) is 27.5 Å². The molecule has 3 aromatic rings. The third-order valence-electron chi connectivity index (χ3n) is 4.74. The number of carbonyl (C=O) groups is 3. The fraction of sp³-hybridized carbons (Fsp3) is 0.143. The molecule has 1 saturated heterocycles. The molecule has 0 saturated carbocycles. The summed E-state index contributed by atoms with van der Waals surface area (Å²) in [5.74, 6) is -1.45. The Labute approximate surface area is 174 Å². The van der Waals surface area contributed by atoms with Crippen molar-refractivity contribution < 1.29 is 27.6 Å². The van der Waals surface area contributed by atoms with Gasteiger partial charge < -0.3 is 5.32 Å². The zero-order valence-corrected chi connectivity index (χ0v) is 15.9. The average Bonchev–Trinajstić information content (AvgIpc) is 3.37. The van der Waals surface area contributed by atoms with Crippen LogP contribution in [0.1, 0.15) is 28.8 Å². The lowest BCUT2D eigenvalue weighted by Gasteiger charge is -2.16. The van der Waals surface area contributed by atoms with Gasteiger partial charge in [0.15, 0.2) is 0 Å². The topological polar surface area (TPSA) is 84.3 Å². The zero-order valence-electron chi connectivity index (χ0n) is 15.9. The van der Waals surface area contributed by atoms with Gasteiger partial charge in [0.1, 0.15) is 0 Å². The zero-order chi connectivity index (χ0) is 22.2. The predicted octanol–water partition coefficient (Wildman–Crippen LogP) is 3.80. The van der Waals surface area contributed by atoms with Crippen molar-refractivity contribution in [2.45, 2.75) is 19.0 Å². The van der Waals surface area contributed by atoms with Crippen LogP contribution in [0.5, 0.6) is 0 Å². The Balaban J connectivity index is 1.68. The van der Waals surface area contributed by atoms with Crippen molar-refractivity contribution in [2.75, 3.05) is 10.2 Å². The fourth-order valence-electron chi connectivity index (χ4n) is 3.27. The molecule has 10 heteroatoms. The number of carbonyl (C=O) groups excluding carboxylic acids is 3. The molecule has 1 aliphatic rings. The van der Waals surface area contributed by atoms with Crippen molar-refractivity contribution in [1.29, 1.82) is 0 Å². The lowest BCUT2D eigenvalue weighted by molar-refractivity contribution is -0.137. The highest BCUT2D eigenvalue weighted by Crippen LogP contribution is 2.33. The van der Waals surface area contributed by atoms with Crippen LogP contribution >= 0.6 is 0 Å². The number of anilines is 2. The average molecular weight is 428 g/mol. The molecule has 1 aliphatic heterocycles. The van der Waals surface area contributed by atoms with Gasteiger partial charge in [-0.3, -0.25) is 19.3 Å². The third kappa shape index (κ3) is 4.04. The highest BCUT2D eigenvalue weighted by Gasteiger charge is 2.32. The summed E-state index contributed by atoms with van der Waals surface area (Å²) >= 11 is 0. The number of hydrogen-bond donors (Lipinski definition) is 1. The summed E-state index contributed by atoms with van der Waals surface area (Å²) in [5, 5.41) is 6.48. The van der Waals surface area contributed by atoms with Gasteiger partial charge in [-0.05, 0) is 42.5 Å². The van der Waals surface area contributed by atoms with E-state index in [4.69, 9.17) is 0 Å². The van der Waals surface area contributed by atoms with Crippen molar-refractivity contribution in [1.82, 2.24) is 9.78 Å². The van der Waals surface area contributed by atoms with E-state index >= 15 is 0 Å². The first-order chi connectivity index (χ1) is 14.7. The molecule has 1 N–H and O–H groups in total. The first-order valence-electron chi connectivity index (χ1n) is 9.22. The van der Waals surface area contributed by atoms with E-state index in [-0.39, 0.29) is 47.3 Å². The SMILES string of the molecule is O=C(Nc1cc(C(F)(F)F)ccc1-n1cccn1)c1cccc(N2C(=O)CCC2=O)c1. The summed E-state index contributed by atoms with van der Waals surface area (Å²) in [6.45, 7) is 0. The van der Waals surface area contributed by atoms with Crippen molar-refractivity contribution >= 4 is 29.1 Å². The number of nitrogens with zero attached hydrogens (tertiary/aromatic N) is 3. The molecule has 2 heterocycles. The molecular weight excluding hydrogens is 413 g/mol. The Morgan fingerprint density at radius 3 is 2.39 bits per heavy atom. The van der Waals surface area contributed by atoms with E-state index in [0.717, 1.165) is 17.0 Å². The van der Waals surface area contributed by atoms with Crippen LogP contribution in [0.25, 0.3) is 5.69 Å². The number of imide groups is 1. The van der Waals surface area contributed by atoms with Crippen LogP contribution in [0, 0.1) is 0 Å². The summed E-state index contributed by atoms with van der Waals surface area (Å²) < 4.78 is 40.9. The maximum absolute atomic E-state index is 13.2. The van der Waals surface area contributed by atoms with Gasteiger partial charge in [0.05, 0.1) is 22.6 Å². The Morgan fingerprint density at radius 1 is 1.00 bits per heavy atom. The van der Waals surface area contributed by atoms with E-state index < -0.39 is 17.6 Å². The molecule has 4 rings (SSSR count). The molecule has 0 radical (unpaired) electrons. The second-order valence-electron chi connectivity index (χ2n) is 6.81. The molecule has 31 heavy (non-hydrogen) atoms. The molecule has 158 valence electrons. The Hall–Kier alpha value is -3.95. The molecule has 0 unspecified atom stereocenters. The van der Waals surface area contributed by atoms with E-state index in [9.17, 15) is 27.6 Å². The first kappa shape index (κ1) is 20.3. The minimum absolute atomic E-state index is 0.0776. The number of benzene rings is 2. The van der Waals surface area contributed by atoms with E-state index in [0.29, 0.717) is 0 Å². The largest absolute Gasteiger partial charge is 0.416 e. The quantitative estimate of drug-likeness (QED) is 0.641. The lowest BCUT2D eigenvalue weighted by atomic mass is 10.1. The van der Waals surface area contributed by atoms with Crippen molar-refractivity contribution in [3.05, 3.63) is 72.1 Å². The van der Waals surface area contributed by atoms with Crippen LogP contribution in [0.2, 0.25) is 0 Å². The van der Waals surface area contributed by atoms with Crippen LogP contribution in [0.15, 0.2) is 60.9 Å². The molecule has 0 spiro atoms. The number of aromatic nitrogens is 2. The number of alkyl halides is 3. The summed E-state index contributed by atoms with van der Waals surface area (Å²) in [5.41, 5.74) is -0.472. The summed E-state index contributed by atoms with van der Waals surface area (Å²) in [6.07, 6.45) is -1.43. The van der Waals surface area contributed by atoms with Crippen molar-refractivity contribution in [3.8, 4) is 5.69 Å². The number of rotatable bonds is 4. The molecule has 0 aliphatic carbocycles. The molecular formula is C21H15F3N4O3. The molecule has 0 atom stereocenters. The Bertz CT molecular complexity index is 1160. The number of hydrogen-bond acceptors (Lipinski definition) is 4. The van der Waals surface area contributed by atoms with Crippen LogP contribution < -0.4 is 10.2 Å². The van der Waals surface area contributed by atoms with E-state index in [1.54, 1.807) is 6.07 Å². The number of halogens is 3. The van der Waals surface area contributed by atoms with Gasteiger partial charge in [-0.2, -0.15) is 18.3 Å². The minimum Gasteiger partial charge on any atom is -0.320 e. The van der Waals surface area contributed by atoms with Gasteiger partial charge in [-0.25, -0.2) is 4.68 Å². The minimum atomic E-state index is -4.60. The molecule has 1 fully saturated rings.